The average molecular weight is 200 g/mol. The molecule has 0 aliphatic carbocycles. The van der Waals surface area contributed by atoms with E-state index in [1.165, 1.54) is 38.9 Å². The van der Waals surface area contributed by atoms with E-state index in [9.17, 15) is 0 Å². The Morgan fingerprint density at radius 1 is 1.29 bits per heavy atom. The first kappa shape index (κ1) is 12.0. The second-order valence-electron chi connectivity index (χ2n) is 4.29. The van der Waals surface area contributed by atoms with Crippen molar-refractivity contribution in [3.8, 4) is 0 Å². The highest BCUT2D eigenvalue weighted by Gasteiger charge is 2.14. The molecule has 1 aliphatic rings. The Bertz CT molecular complexity index is 141. The molecule has 1 rings (SSSR count). The Hall–Kier alpha value is -0.120. The number of piperazine rings is 1. The number of hydrogen-bond acceptors (Lipinski definition) is 3. The molecule has 0 saturated carbocycles. The van der Waals surface area contributed by atoms with Crippen LogP contribution in [-0.4, -0.2) is 48.8 Å². The fraction of sp³-hybridized carbons (Fsp3) is 1.00. The van der Waals surface area contributed by atoms with Gasteiger partial charge in [-0.15, -0.1) is 0 Å². The van der Waals surface area contributed by atoms with Crippen molar-refractivity contribution in [3.63, 3.8) is 0 Å². The summed E-state index contributed by atoms with van der Waals surface area (Å²) in [5.41, 5.74) is 0. The van der Waals surface area contributed by atoms with E-state index in [1.54, 1.807) is 0 Å². The van der Waals surface area contributed by atoms with Gasteiger partial charge in [-0.05, 0) is 26.3 Å². The highest BCUT2D eigenvalue weighted by molar-refractivity contribution is 4.74. The molecule has 1 saturated heterocycles. The summed E-state index contributed by atoms with van der Waals surface area (Å²) >= 11 is 0. The smallest absolute Gasteiger partial charge is 0.0431 e. The summed E-state index contributed by atoms with van der Waals surface area (Å²) in [5, 5.41) is 12.1. The third-order valence-corrected chi connectivity index (χ3v) is 2.84. The van der Waals surface area contributed by atoms with Crippen LogP contribution in [0.15, 0.2) is 0 Å². The van der Waals surface area contributed by atoms with Crippen LogP contribution < -0.4 is 5.32 Å². The number of nitrogens with one attached hydrogen (secondary N) is 1. The van der Waals surface area contributed by atoms with Gasteiger partial charge in [0.25, 0.3) is 0 Å². The maximum Gasteiger partial charge on any atom is 0.0431 e. The predicted octanol–water partition coefficient (Wildman–Crippen LogP) is 0.833. The van der Waals surface area contributed by atoms with Gasteiger partial charge in [-0.1, -0.05) is 12.8 Å². The zero-order valence-corrected chi connectivity index (χ0v) is 9.34. The number of aliphatic hydroxyl groups excluding tert-OH is 1. The van der Waals surface area contributed by atoms with E-state index in [0.717, 1.165) is 13.0 Å². The molecule has 1 aliphatic heterocycles. The molecule has 14 heavy (non-hydrogen) atoms. The molecule has 3 nitrogen and oxygen atoms in total. The molecule has 1 fully saturated rings. The number of aliphatic hydroxyl groups is 1. The van der Waals surface area contributed by atoms with Crippen LogP contribution in [0.5, 0.6) is 0 Å². The molecule has 1 heterocycles. The van der Waals surface area contributed by atoms with Crippen molar-refractivity contribution in [2.75, 3.05) is 32.8 Å². The SMILES string of the molecule is C[C@@H]1CN(CCCCCCO)CCN1. The Morgan fingerprint density at radius 3 is 2.79 bits per heavy atom. The Balaban J connectivity index is 1.95. The third kappa shape index (κ3) is 4.94. The zero-order chi connectivity index (χ0) is 10.2. The molecular weight excluding hydrogens is 176 g/mol. The van der Waals surface area contributed by atoms with E-state index in [4.69, 9.17) is 5.11 Å². The average Bonchev–Trinajstić information content (AvgIpc) is 2.18. The van der Waals surface area contributed by atoms with Crippen molar-refractivity contribution >= 4 is 0 Å². The van der Waals surface area contributed by atoms with Gasteiger partial charge < -0.3 is 15.3 Å². The predicted molar refractivity (Wildman–Crippen MR) is 59.5 cm³/mol. The van der Waals surface area contributed by atoms with Crippen molar-refractivity contribution in [2.24, 2.45) is 0 Å². The fourth-order valence-electron chi connectivity index (χ4n) is 2.02. The molecule has 0 unspecified atom stereocenters. The minimum atomic E-state index is 0.352. The molecule has 0 aromatic carbocycles. The van der Waals surface area contributed by atoms with E-state index in [0.29, 0.717) is 12.6 Å². The van der Waals surface area contributed by atoms with E-state index >= 15 is 0 Å². The molecule has 0 spiro atoms. The highest BCUT2D eigenvalue weighted by Crippen LogP contribution is 2.04. The molecule has 0 radical (unpaired) electrons. The van der Waals surface area contributed by atoms with E-state index in [2.05, 4.69) is 17.1 Å². The molecule has 2 N–H and O–H groups in total. The normalized spacial score (nSPS) is 24.0. The summed E-state index contributed by atoms with van der Waals surface area (Å²) in [6.45, 7) is 7.36. The standard InChI is InChI=1S/C11H24N2O/c1-11-10-13(8-6-12-11)7-4-2-3-5-9-14/h11-12,14H,2-10H2,1H3/t11-/m1/s1. The van der Waals surface area contributed by atoms with Gasteiger partial charge in [0.05, 0.1) is 0 Å². The molecule has 0 amide bonds. The summed E-state index contributed by atoms with van der Waals surface area (Å²) in [7, 11) is 0. The summed E-state index contributed by atoms with van der Waals surface area (Å²) < 4.78 is 0. The number of hydrogen-bond donors (Lipinski definition) is 2. The van der Waals surface area contributed by atoms with E-state index < -0.39 is 0 Å². The van der Waals surface area contributed by atoms with Crippen molar-refractivity contribution in [2.45, 2.75) is 38.6 Å². The van der Waals surface area contributed by atoms with E-state index in [1.807, 2.05) is 0 Å². The van der Waals surface area contributed by atoms with Gasteiger partial charge >= 0.3 is 0 Å². The molecule has 84 valence electrons. The van der Waals surface area contributed by atoms with Crippen LogP contribution in [0.1, 0.15) is 32.6 Å². The van der Waals surface area contributed by atoms with Gasteiger partial charge in [0.15, 0.2) is 0 Å². The van der Waals surface area contributed by atoms with Gasteiger partial charge in [0.2, 0.25) is 0 Å². The highest BCUT2D eigenvalue weighted by atomic mass is 16.2. The number of unbranched alkanes of at least 4 members (excludes halogenated alkanes) is 3. The molecular formula is C11H24N2O. The number of rotatable bonds is 6. The van der Waals surface area contributed by atoms with Crippen LogP contribution in [0.2, 0.25) is 0 Å². The first-order valence-corrected chi connectivity index (χ1v) is 5.89. The van der Waals surface area contributed by atoms with Gasteiger partial charge in [-0.3, -0.25) is 0 Å². The minimum absolute atomic E-state index is 0.352. The topological polar surface area (TPSA) is 35.5 Å². The molecule has 3 heteroatoms. The fourth-order valence-corrected chi connectivity index (χ4v) is 2.02. The first-order chi connectivity index (χ1) is 6.83. The number of nitrogens with zero attached hydrogens (tertiary/aromatic N) is 1. The lowest BCUT2D eigenvalue weighted by molar-refractivity contribution is 0.202. The lowest BCUT2D eigenvalue weighted by Gasteiger charge is -2.31. The minimum Gasteiger partial charge on any atom is -0.396 e. The Kier molecular flexibility index (Phi) is 6.15. The summed E-state index contributed by atoms with van der Waals surface area (Å²) in [5.74, 6) is 0. The van der Waals surface area contributed by atoms with Crippen LogP contribution in [0.25, 0.3) is 0 Å². The molecule has 0 aromatic rings. The van der Waals surface area contributed by atoms with Crippen LogP contribution in [0, 0.1) is 0 Å². The Labute approximate surface area is 87.5 Å². The first-order valence-electron chi connectivity index (χ1n) is 5.89. The maximum atomic E-state index is 8.63. The molecule has 0 aromatic heterocycles. The van der Waals surface area contributed by atoms with Gasteiger partial charge in [0.1, 0.15) is 0 Å². The third-order valence-electron chi connectivity index (χ3n) is 2.84. The summed E-state index contributed by atoms with van der Waals surface area (Å²) in [4.78, 5) is 2.54. The maximum absolute atomic E-state index is 8.63. The summed E-state index contributed by atoms with van der Waals surface area (Å²) in [6, 6.07) is 0.654. The molecule has 1 atom stereocenters. The van der Waals surface area contributed by atoms with Crippen molar-refractivity contribution in [1.29, 1.82) is 0 Å². The van der Waals surface area contributed by atoms with Crippen LogP contribution in [-0.2, 0) is 0 Å². The Morgan fingerprint density at radius 2 is 2.07 bits per heavy atom. The molecule has 0 bridgehead atoms. The quantitative estimate of drug-likeness (QED) is 0.624. The van der Waals surface area contributed by atoms with Crippen molar-refractivity contribution in [1.82, 2.24) is 10.2 Å². The van der Waals surface area contributed by atoms with Crippen molar-refractivity contribution < 1.29 is 5.11 Å². The van der Waals surface area contributed by atoms with Gasteiger partial charge in [0, 0.05) is 32.3 Å². The van der Waals surface area contributed by atoms with Gasteiger partial charge in [-0.2, -0.15) is 0 Å². The monoisotopic (exact) mass is 200 g/mol. The summed E-state index contributed by atoms with van der Waals surface area (Å²) in [6.07, 6.45) is 4.70. The second-order valence-corrected chi connectivity index (χ2v) is 4.29. The van der Waals surface area contributed by atoms with Crippen LogP contribution >= 0.6 is 0 Å². The van der Waals surface area contributed by atoms with Gasteiger partial charge in [-0.25, -0.2) is 0 Å². The van der Waals surface area contributed by atoms with Crippen LogP contribution in [0.3, 0.4) is 0 Å². The lowest BCUT2D eigenvalue weighted by atomic mass is 10.1. The second kappa shape index (κ2) is 7.21. The largest absolute Gasteiger partial charge is 0.396 e. The van der Waals surface area contributed by atoms with Crippen molar-refractivity contribution in [3.05, 3.63) is 0 Å². The van der Waals surface area contributed by atoms with E-state index in [-0.39, 0.29) is 0 Å². The zero-order valence-electron chi connectivity index (χ0n) is 9.34. The lowest BCUT2D eigenvalue weighted by Crippen LogP contribution is -2.49. The van der Waals surface area contributed by atoms with Crippen LogP contribution in [0.4, 0.5) is 0 Å².